The van der Waals surface area contributed by atoms with Crippen LogP contribution in [0.1, 0.15) is 40.0 Å². The van der Waals surface area contributed by atoms with Gasteiger partial charge in [-0.15, -0.1) is 11.6 Å². The lowest BCUT2D eigenvalue weighted by atomic mass is 9.52. The zero-order chi connectivity index (χ0) is 15.1. The normalized spacial score (nSPS) is 30.9. The molecule has 0 aromatic heterocycles. The van der Waals surface area contributed by atoms with E-state index in [9.17, 15) is 23.5 Å². The van der Waals surface area contributed by atoms with Crippen LogP contribution in [0.3, 0.4) is 0 Å². The smallest absolute Gasteiger partial charge is 0.310 e. The van der Waals surface area contributed by atoms with Crippen LogP contribution in [0.25, 0.3) is 0 Å². The Bertz CT molecular complexity index is 390. The molecule has 1 aliphatic rings. The second kappa shape index (κ2) is 5.00. The van der Waals surface area contributed by atoms with Crippen molar-refractivity contribution < 1.29 is 23.5 Å². The van der Waals surface area contributed by atoms with Gasteiger partial charge in [0.25, 0.3) is 0 Å². The average molecular weight is 297 g/mol. The van der Waals surface area contributed by atoms with Crippen LogP contribution in [-0.2, 0) is 9.59 Å². The van der Waals surface area contributed by atoms with Crippen molar-refractivity contribution in [2.24, 2.45) is 16.7 Å². The molecule has 3 nitrogen and oxygen atoms in total. The number of carbonyl (C=O) groups excluding carboxylic acids is 1. The molecule has 1 fully saturated rings. The molecular formula is C13H19ClF2O3. The summed E-state index contributed by atoms with van der Waals surface area (Å²) in [6, 6.07) is 0. The van der Waals surface area contributed by atoms with Gasteiger partial charge in [0.05, 0.1) is 11.3 Å². The molecule has 0 saturated heterocycles. The first-order valence-electron chi connectivity index (χ1n) is 6.18. The maximum absolute atomic E-state index is 13.6. The zero-order valence-corrected chi connectivity index (χ0v) is 12.1. The minimum atomic E-state index is -3.00. The van der Waals surface area contributed by atoms with Gasteiger partial charge >= 0.3 is 5.97 Å². The summed E-state index contributed by atoms with van der Waals surface area (Å²) in [5, 5.41) is 9.57. The van der Waals surface area contributed by atoms with Gasteiger partial charge in [0.2, 0.25) is 5.92 Å². The molecule has 1 aliphatic carbocycles. The molecule has 0 radical (unpaired) electrons. The molecule has 0 aromatic carbocycles. The van der Waals surface area contributed by atoms with Crippen molar-refractivity contribution >= 4 is 23.4 Å². The van der Waals surface area contributed by atoms with Crippen molar-refractivity contribution in [2.75, 3.05) is 5.88 Å². The SMILES string of the molecule is CC(C)(C)[C@@]1(C(=O)O)CCC(F)(F)C[C@H]1C(=O)CCl. The lowest BCUT2D eigenvalue weighted by molar-refractivity contribution is -0.184. The Morgan fingerprint density at radius 1 is 1.32 bits per heavy atom. The number of rotatable bonds is 3. The van der Waals surface area contributed by atoms with E-state index in [1.54, 1.807) is 20.8 Å². The van der Waals surface area contributed by atoms with Crippen LogP contribution in [0.4, 0.5) is 8.78 Å². The van der Waals surface area contributed by atoms with E-state index in [0.717, 1.165) is 0 Å². The van der Waals surface area contributed by atoms with E-state index in [4.69, 9.17) is 11.6 Å². The molecule has 110 valence electrons. The summed E-state index contributed by atoms with van der Waals surface area (Å²) in [7, 11) is 0. The Hall–Kier alpha value is -0.710. The molecule has 0 aromatic rings. The number of hydrogen-bond donors (Lipinski definition) is 1. The summed E-state index contributed by atoms with van der Waals surface area (Å²) in [6.07, 6.45) is -1.46. The topological polar surface area (TPSA) is 54.4 Å². The van der Waals surface area contributed by atoms with Crippen molar-refractivity contribution in [3.8, 4) is 0 Å². The van der Waals surface area contributed by atoms with Crippen LogP contribution < -0.4 is 0 Å². The molecule has 6 heteroatoms. The van der Waals surface area contributed by atoms with Gasteiger partial charge in [0.15, 0.2) is 5.78 Å². The quantitative estimate of drug-likeness (QED) is 0.813. The molecule has 0 unspecified atom stereocenters. The first-order chi connectivity index (χ1) is 8.48. The van der Waals surface area contributed by atoms with Crippen LogP contribution in [0.2, 0.25) is 0 Å². The fourth-order valence-corrected chi connectivity index (χ4v) is 3.27. The lowest BCUT2D eigenvalue weighted by Gasteiger charge is -2.50. The van der Waals surface area contributed by atoms with Gasteiger partial charge in [-0.3, -0.25) is 9.59 Å². The number of halogens is 3. The predicted molar refractivity (Wildman–Crippen MR) is 67.5 cm³/mol. The van der Waals surface area contributed by atoms with Crippen molar-refractivity contribution in [3.63, 3.8) is 0 Å². The van der Waals surface area contributed by atoms with Crippen LogP contribution in [0.5, 0.6) is 0 Å². The van der Waals surface area contributed by atoms with Gasteiger partial charge in [-0.05, 0) is 11.8 Å². The maximum atomic E-state index is 13.6. The minimum absolute atomic E-state index is 0.216. The van der Waals surface area contributed by atoms with Crippen LogP contribution in [0, 0.1) is 16.7 Å². The number of alkyl halides is 3. The monoisotopic (exact) mass is 296 g/mol. The molecule has 1 N–H and O–H groups in total. The number of hydrogen-bond acceptors (Lipinski definition) is 2. The zero-order valence-electron chi connectivity index (χ0n) is 11.3. The van der Waals surface area contributed by atoms with Gasteiger partial charge in [-0.25, -0.2) is 8.78 Å². The van der Waals surface area contributed by atoms with E-state index in [2.05, 4.69) is 0 Å². The predicted octanol–water partition coefficient (Wildman–Crippen LogP) is 3.35. The Kier molecular flexibility index (Phi) is 4.30. The van der Waals surface area contributed by atoms with E-state index in [1.165, 1.54) is 0 Å². The van der Waals surface area contributed by atoms with Gasteiger partial charge < -0.3 is 5.11 Å². The molecule has 19 heavy (non-hydrogen) atoms. The first kappa shape index (κ1) is 16.3. The van der Waals surface area contributed by atoms with E-state index in [0.29, 0.717) is 0 Å². The fourth-order valence-electron chi connectivity index (χ4n) is 3.09. The second-order valence-corrected chi connectivity index (χ2v) is 6.51. The Balaban J connectivity index is 3.34. The van der Waals surface area contributed by atoms with Crippen molar-refractivity contribution in [3.05, 3.63) is 0 Å². The molecule has 0 aliphatic heterocycles. The van der Waals surface area contributed by atoms with E-state index in [1.807, 2.05) is 0 Å². The summed E-state index contributed by atoms with van der Waals surface area (Å²) in [4.78, 5) is 23.6. The Morgan fingerprint density at radius 2 is 1.84 bits per heavy atom. The third-order valence-corrected chi connectivity index (χ3v) is 4.49. The van der Waals surface area contributed by atoms with Crippen LogP contribution >= 0.6 is 11.6 Å². The van der Waals surface area contributed by atoms with Crippen molar-refractivity contribution in [1.29, 1.82) is 0 Å². The van der Waals surface area contributed by atoms with E-state index in [-0.39, 0.29) is 6.42 Å². The van der Waals surface area contributed by atoms with Crippen LogP contribution in [0.15, 0.2) is 0 Å². The standard InChI is InChI=1S/C13H19ClF2O3/c1-11(2,3)13(10(18)19)5-4-12(15,16)6-8(13)9(17)7-14/h8H,4-7H2,1-3H3,(H,18,19)/t8-,13-/m0/s1. The number of carboxylic acids is 1. The number of carbonyl (C=O) groups is 2. The summed E-state index contributed by atoms with van der Waals surface area (Å²) in [5.41, 5.74) is -2.29. The number of Topliss-reactive ketones (excluding diaryl/α,β-unsaturated/α-hetero) is 1. The molecule has 1 rings (SSSR count). The summed E-state index contributed by atoms with van der Waals surface area (Å²) < 4.78 is 27.1. The summed E-state index contributed by atoms with van der Waals surface area (Å²) in [5.74, 6) is -6.49. The van der Waals surface area contributed by atoms with E-state index >= 15 is 0 Å². The highest BCUT2D eigenvalue weighted by Crippen LogP contribution is 2.56. The Morgan fingerprint density at radius 3 is 2.21 bits per heavy atom. The van der Waals surface area contributed by atoms with Crippen LogP contribution in [-0.4, -0.2) is 28.7 Å². The number of aliphatic carboxylic acids is 1. The highest BCUT2D eigenvalue weighted by molar-refractivity contribution is 6.28. The Labute approximate surface area is 116 Å². The summed E-state index contributed by atoms with van der Waals surface area (Å²) >= 11 is 5.47. The molecule has 1 saturated carbocycles. The average Bonchev–Trinajstić information content (AvgIpc) is 2.24. The molecular weight excluding hydrogens is 278 g/mol. The van der Waals surface area contributed by atoms with E-state index < -0.39 is 53.1 Å². The largest absolute Gasteiger partial charge is 0.481 e. The molecule has 0 bridgehead atoms. The van der Waals surface area contributed by atoms with Gasteiger partial charge in [0, 0.05) is 18.8 Å². The van der Waals surface area contributed by atoms with Gasteiger partial charge in [0.1, 0.15) is 0 Å². The third kappa shape index (κ3) is 2.76. The number of carboxylic acid groups (broad SMARTS) is 1. The highest BCUT2D eigenvalue weighted by atomic mass is 35.5. The third-order valence-electron chi connectivity index (χ3n) is 4.22. The molecule has 0 heterocycles. The maximum Gasteiger partial charge on any atom is 0.310 e. The lowest BCUT2D eigenvalue weighted by Crippen LogP contribution is -2.56. The highest BCUT2D eigenvalue weighted by Gasteiger charge is 2.61. The summed E-state index contributed by atoms with van der Waals surface area (Å²) in [6.45, 7) is 5.00. The first-order valence-corrected chi connectivity index (χ1v) is 6.71. The fraction of sp³-hybridized carbons (Fsp3) is 0.846. The van der Waals surface area contributed by atoms with Gasteiger partial charge in [-0.2, -0.15) is 0 Å². The van der Waals surface area contributed by atoms with Crippen molar-refractivity contribution in [2.45, 2.75) is 46.0 Å². The second-order valence-electron chi connectivity index (χ2n) is 6.24. The number of ketones is 1. The molecule has 2 atom stereocenters. The van der Waals surface area contributed by atoms with Gasteiger partial charge in [-0.1, -0.05) is 20.8 Å². The molecule has 0 spiro atoms. The van der Waals surface area contributed by atoms with Crippen molar-refractivity contribution in [1.82, 2.24) is 0 Å². The molecule has 0 amide bonds. The minimum Gasteiger partial charge on any atom is -0.481 e.